The lowest BCUT2D eigenvalue weighted by atomic mass is 10.3. The van der Waals surface area contributed by atoms with Gasteiger partial charge in [0, 0.05) is 11.5 Å². The van der Waals surface area contributed by atoms with Gasteiger partial charge in [-0.3, -0.25) is 28.8 Å². The van der Waals surface area contributed by atoms with Crippen LogP contribution in [0.1, 0.15) is 76.2 Å². The number of thiol groups is 2. The van der Waals surface area contributed by atoms with E-state index in [0.717, 1.165) is 0 Å². The number of likely N-dealkylation sites (N-methyl/N-ethyl adjacent to an activating group) is 1. The standard InChI is InChI=1S/C16H28N6O6S2.5C2H6/c1-9(23)3-18-12(24)5-19-15(27)11(8-30)22-14(26)6-20-16(28)10(7-29)21-13(25)4-17-2;5*1-2/h10-11,17,29-30H,3-8H2,1-2H3,(H,18,24)(H,19,27)(H,20,28)(H,21,25)(H,22,26);5*1-2H3. The van der Waals surface area contributed by atoms with Crippen molar-refractivity contribution in [2.75, 3.05) is 44.7 Å². The van der Waals surface area contributed by atoms with Crippen molar-refractivity contribution in [3.8, 4) is 0 Å². The number of nitrogens with one attached hydrogen (secondary N) is 6. The second-order valence-corrected chi connectivity index (χ2v) is 6.78. The quantitative estimate of drug-likeness (QED) is 0.135. The topological polar surface area (TPSA) is 175 Å². The van der Waals surface area contributed by atoms with Crippen molar-refractivity contribution < 1.29 is 28.8 Å². The average molecular weight is 615 g/mol. The average Bonchev–Trinajstić information content (AvgIpc) is 3.00. The van der Waals surface area contributed by atoms with Crippen LogP contribution in [-0.2, 0) is 28.8 Å². The second-order valence-electron chi connectivity index (χ2n) is 6.05. The third kappa shape index (κ3) is 33.7. The van der Waals surface area contributed by atoms with Crippen molar-refractivity contribution in [2.24, 2.45) is 0 Å². The zero-order valence-electron chi connectivity index (χ0n) is 26.7. The fourth-order valence-corrected chi connectivity index (χ4v) is 2.42. The van der Waals surface area contributed by atoms with Gasteiger partial charge < -0.3 is 31.9 Å². The number of rotatable bonds is 14. The predicted octanol–water partition coefficient (Wildman–Crippen LogP) is 1.10. The number of ketones is 1. The fourth-order valence-electron chi connectivity index (χ4n) is 1.91. The predicted molar refractivity (Wildman–Crippen MR) is 172 cm³/mol. The van der Waals surface area contributed by atoms with Gasteiger partial charge in [-0.05, 0) is 14.0 Å². The Hall–Kier alpha value is -2.32. The molecule has 0 aliphatic rings. The minimum Gasteiger partial charge on any atom is -0.348 e. The minimum atomic E-state index is -1.05. The van der Waals surface area contributed by atoms with Gasteiger partial charge in [-0.1, -0.05) is 69.2 Å². The molecule has 12 nitrogen and oxygen atoms in total. The molecule has 0 bridgehead atoms. The monoisotopic (exact) mass is 614 g/mol. The first-order chi connectivity index (χ1) is 19.1. The molecule has 14 heteroatoms. The highest BCUT2D eigenvalue weighted by Crippen LogP contribution is 1.91. The molecular weight excluding hydrogens is 556 g/mol. The molecule has 0 aliphatic carbocycles. The van der Waals surface area contributed by atoms with Gasteiger partial charge in [-0.25, -0.2) is 0 Å². The SMILES string of the molecule is CC.CC.CC.CC.CC.CNCC(=O)NC(CS)C(=O)NCC(=O)NC(CS)C(=O)NCC(=O)NCC(C)=O. The summed E-state index contributed by atoms with van der Waals surface area (Å²) in [6, 6.07) is -1.98. The van der Waals surface area contributed by atoms with Gasteiger partial charge in [0.05, 0.1) is 26.2 Å². The Kier molecular flexibility index (Phi) is 52.0. The number of carbonyl (C=O) groups is 6. The molecule has 0 saturated heterocycles. The Morgan fingerprint density at radius 3 is 1.15 bits per heavy atom. The summed E-state index contributed by atoms with van der Waals surface area (Å²) in [5, 5.41) is 14.4. The van der Waals surface area contributed by atoms with Crippen molar-refractivity contribution in [1.29, 1.82) is 0 Å². The Morgan fingerprint density at radius 1 is 0.525 bits per heavy atom. The Bertz CT molecular complexity index is 655. The van der Waals surface area contributed by atoms with E-state index in [1.165, 1.54) is 6.92 Å². The molecule has 2 unspecified atom stereocenters. The molecule has 40 heavy (non-hydrogen) atoms. The summed E-state index contributed by atoms with van der Waals surface area (Å²) < 4.78 is 0. The highest BCUT2D eigenvalue weighted by Gasteiger charge is 2.22. The summed E-state index contributed by atoms with van der Waals surface area (Å²) in [5.74, 6) is -3.18. The van der Waals surface area contributed by atoms with Crippen molar-refractivity contribution in [3.05, 3.63) is 0 Å². The molecule has 0 aromatic carbocycles. The van der Waals surface area contributed by atoms with Crippen LogP contribution >= 0.6 is 25.3 Å². The van der Waals surface area contributed by atoms with E-state index in [0.29, 0.717) is 0 Å². The van der Waals surface area contributed by atoms with Gasteiger partial charge in [-0.2, -0.15) is 25.3 Å². The fraction of sp³-hybridized carbons (Fsp3) is 0.769. The number of hydrogen-bond acceptors (Lipinski definition) is 9. The smallest absolute Gasteiger partial charge is 0.243 e. The van der Waals surface area contributed by atoms with Crippen LogP contribution in [0.4, 0.5) is 0 Å². The van der Waals surface area contributed by atoms with E-state index in [9.17, 15) is 28.8 Å². The normalized spacial score (nSPS) is 9.85. The lowest BCUT2D eigenvalue weighted by molar-refractivity contribution is -0.131. The van der Waals surface area contributed by atoms with Gasteiger partial charge in [-0.15, -0.1) is 0 Å². The molecular formula is C26H58N6O6S2. The molecule has 0 rings (SSSR count). The van der Waals surface area contributed by atoms with E-state index < -0.39 is 48.2 Å². The maximum Gasteiger partial charge on any atom is 0.243 e. The van der Waals surface area contributed by atoms with Gasteiger partial charge in [0.15, 0.2) is 0 Å². The van der Waals surface area contributed by atoms with Crippen LogP contribution in [0.5, 0.6) is 0 Å². The van der Waals surface area contributed by atoms with Crippen molar-refractivity contribution >= 4 is 60.6 Å². The zero-order chi connectivity index (χ0) is 33.1. The number of Topliss-reactive ketones (excluding diaryl/α,β-unsaturated/α-hetero) is 1. The molecule has 0 aliphatic heterocycles. The van der Waals surface area contributed by atoms with Crippen molar-refractivity contribution in [2.45, 2.75) is 88.2 Å². The van der Waals surface area contributed by atoms with Crippen LogP contribution in [0.2, 0.25) is 0 Å². The summed E-state index contributed by atoms with van der Waals surface area (Å²) in [7, 11) is 1.58. The molecule has 0 fully saturated rings. The molecule has 0 radical (unpaired) electrons. The van der Waals surface area contributed by atoms with Crippen LogP contribution in [0, 0.1) is 0 Å². The summed E-state index contributed by atoms with van der Waals surface area (Å²) in [6.07, 6.45) is 0. The van der Waals surface area contributed by atoms with Crippen molar-refractivity contribution in [1.82, 2.24) is 31.9 Å². The maximum atomic E-state index is 12.1. The van der Waals surface area contributed by atoms with Gasteiger partial charge in [0.2, 0.25) is 29.5 Å². The maximum absolute atomic E-state index is 12.1. The molecule has 240 valence electrons. The van der Waals surface area contributed by atoms with E-state index >= 15 is 0 Å². The van der Waals surface area contributed by atoms with E-state index in [2.05, 4.69) is 57.2 Å². The van der Waals surface area contributed by atoms with Crippen LogP contribution < -0.4 is 31.9 Å². The van der Waals surface area contributed by atoms with Crippen molar-refractivity contribution in [3.63, 3.8) is 0 Å². The van der Waals surface area contributed by atoms with E-state index in [-0.39, 0.29) is 36.9 Å². The lowest BCUT2D eigenvalue weighted by Crippen LogP contribution is -2.54. The number of carbonyl (C=O) groups excluding carboxylic acids is 6. The van der Waals surface area contributed by atoms with Crippen LogP contribution in [0.15, 0.2) is 0 Å². The van der Waals surface area contributed by atoms with E-state index in [4.69, 9.17) is 0 Å². The Labute approximate surface area is 253 Å². The van der Waals surface area contributed by atoms with Crippen LogP contribution in [0.25, 0.3) is 0 Å². The molecule has 6 N–H and O–H groups in total. The largest absolute Gasteiger partial charge is 0.348 e. The minimum absolute atomic E-state index is 0.0174. The van der Waals surface area contributed by atoms with Crippen LogP contribution in [0.3, 0.4) is 0 Å². The first-order valence-electron chi connectivity index (χ1n) is 13.9. The van der Waals surface area contributed by atoms with Crippen LogP contribution in [-0.4, -0.2) is 92.1 Å². The molecule has 0 aromatic rings. The van der Waals surface area contributed by atoms with E-state index in [1.54, 1.807) is 7.05 Å². The van der Waals surface area contributed by atoms with Gasteiger partial charge in [0.1, 0.15) is 17.9 Å². The molecule has 0 aromatic heterocycles. The second kappa shape index (κ2) is 41.2. The Balaban J connectivity index is -0.000000258. The Morgan fingerprint density at radius 2 is 0.850 bits per heavy atom. The number of hydrogen-bond donors (Lipinski definition) is 8. The summed E-state index contributed by atoms with van der Waals surface area (Å²) in [4.78, 5) is 69.9. The molecule has 0 saturated carbocycles. The zero-order valence-corrected chi connectivity index (χ0v) is 28.5. The summed E-state index contributed by atoms with van der Waals surface area (Å²) >= 11 is 7.98. The van der Waals surface area contributed by atoms with Gasteiger partial charge >= 0.3 is 0 Å². The number of amides is 5. The van der Waals surface area contributed by atoms with E-state index in [1.807, 2.05) is 69.2 Å². The highest BCUT2D eigenvalue weighted by atomic mass is 32.1. The highest BCUT2D eigenvalue weighted by molar-refractivity contribution is 7.80. The molecule has 0 spiro atoms. The third-order valence-electron chi connectivity index (χ3n) is 3.39. The lowest BCUT2D eigenvalue weighted by Gasteiger charge is -2.18. The molecule has 2 atom stereocenters. The summed E-state index contributed by atoms with van der Waals surface area (Å²) in [5.41, 5.74) is 0. The van der Waals surface area contributed by atoms with Gasteiger partial charge in [0.25, 0.3) is 0 Å². The molecule has 5 amide bonds. The first-order valence-corrected chi connectivity index (χ1v) is 15.2. The summed E-state index contributed by atoms with van der Waals surface area (Å²) in [6.45, 7) is 20.4. The molecule has 0 heterocycles. The third-order valence-corrected chi connectivity index (χ3v) is 4.12. The first kappa shape index (κ1) is 50.5.